The number of nitrogens with zero attached hydrogens (tertiary/aromatic N) is 2. The molecule has 1 atom stereocenters. The van der Waals surface area contributed by atoms with Gasteiger partial charge in [-0.2, -0.15) is 0 Å². The topological polar surface area (TPSA) is 70.1 Å². The summed E-state index contributed by atoms with van der Waals surface area (Å²) in [4.78, 5) is 30.1. The Morgan fingerprint density at radius 1 is 1.09 bits per heavy atom. The quantitative estimate of drug-likeness (QED) is 0.257. The molecule has 1 aliphatic rings. The second-order valence-corrected chi connectivity index (χ2v) is 9.32. The van der Waals surface area contributed by atoms with Gasteiger partial charge in [0.05, 0.1) is 18.2 Å². The Kier molecular flexibility index (Phi) is 8.91. The van der Waals surface area contributed by atoms with Gasteiger partial charge in [-0.3, -0.25) is 9.59 Å². The molecule has 1 amide bonds. The van der Waals surface area contributed by atoms with Crippen LogP contribution in [0.2, 0.25) is 0 Å². The van der Waals surface area contributed by atoms with Crippen LogP contribution in [0.4, 0.5) is 0 Å². The molecule has 1 saturated heterocycles. The predicted molar refractivity (Wildman–Crippen MR) is 138 cm³/mol. The number of likely N-dealkylation sites (N-methyl/N-ethyl adjacent to an activating group) is 1. The number of hydrogen-bond acceptors (Lipinski definition) is 5. The molecule has 2 aromatic rings. The van der Waals surface area contributed by atoms with Crippen molar-refractivity contribution in [3.05, 3.63) is 69.2 Å². The zero-order valence-corrected chi connectivity index (χ0v) is 21.9. The number of ether oxygens (including phenoxy) is 1. The second kappa shape index (κ2) is 11.7. The lowest BCUT2D eigenvalue weighted by atomic mass is 9.95. The van der Waals surface area contributed by atoms with Crippen molar-refractivity contribution in [1.82, 2.24) is 9.80 Å². The van der Waals surface area contributed by atoms with Gasteiger partial charge in [-0.25, -0.2) is 0 Å². The Morgan fingerprint density at radius 3 is 2.35 bits per heavy atom. The fraction of sp³-hybridized carbons (Fsp3) is 0.407. The monoisotopic (exact) mass is 528 g/mol. The summed E-state index contributed by atoms with van der Waals surface area (Å²) >= 11 is 3.45. The zero-order chi connectivity index (χ0) is 24.8. The number of benzene rings is 2. The van der Waals surface area contributed by atoms with Crippen LogP contribution in [0.25, 0.3) is 5.76 Å². The Morgan fingerprint density at radius 2 is 1.76 bits per heavy atom. The van der Waals surface area contributed by atoms with E-state index in [0.29, 0.717) is 25.3 Å². The predicted octanol–water partition coefficient (Wildman–Crippen LogP) is 5.31. The maximum absolute atomic E-state index is 13.2. The molecule has 0 aromatic heterocycles. The normalized spacial score (nSPS) is 17.6. The fourth-order valence-corrected chi connectivity index (χ4v) is 4.48. The molecule has 6 nitrogen and oxygen atoms in total. The SMILES string of the molecule is CCCOc1ccc(C(O)=C2C(=O)C(=O)N(CCN(CC)CC)C2c2ccc(Br)cc2)cc1C. The molecule has 3 rings (SSSR count). The number of likely N-dealkylation sites (tertiary alicyclic amines) is 1. The molecular formula is C27H33BrN2O4. The number of Topliss-reactive ketones (excluding diaryl/α,β-unsaturated/α-hetero) is 1. The van der Waals surface area contributed by atoms with Gasteiger partial charge in [0, 0.05) is 23.1 Å². The summed E-state index contributed by atoms with van der Waals surface area (Å²) < 4.78 is 6.64. The van der Waals surface area contributed by atoms with E-state index >= 15 is 0 Å². The van der Waals surface area contributed by atoms with Gasteiger partial charge in [-0.05, 0) is 67.9 Å². The van der Waals surface area contributed by atoms with Crippen molar-refractivity contribution in [3.63, 3.8) is 0 Å². The first kappa shape index (κ1) is 26.0. The van der Waals surface area contributed by atoms with Crippen molar-refractivity contribution in [3.8, 4) is 5.75 Å². The molecule has 34 heavy (non-hydrogen) atoms. The molecular weight excluding hydrogens is 496 g/mol. The van der Waals surface area contributed by atoms with Gasteiger partial charge in [-0.1, -0.05) is 48.8 Å². The average Bonchev–Trinajstić information content (AvgIpc) is 3.09. The summed E-state index contributed by atoms with van der Waals surface area (Å²) in [6, 6.07) is 12.2. The summed E-state index contributed by atoms with van der Waals surface area (Å²) in [5.74, 6) is -0.667. The number of aliphatic hydroxyl groups is 1. The number of aryl methyl sites for hydroxylation is 1. The van der Waals surface area contributed by atoms with Crippen molar-refractivity contribution in [2.24, 2.45) is 0 Å². The third-order valence-corrected chi connectivity index (χ3v) is 6.72. The van der Waals surface area contributed by atoms with E-state index in [0.717, 1.165) is 40.9 Å². The number of carbonyl (C=O) groups is 2. The first-order chi connectivity index (χ1) is 16.3. The van der Waals surface area contributed by atoms with E-state index in [-0.39, 0.29) is 11.3 Å². The zero-order valence-electron chi connectivity index (χ0n) is 20.3. The molecule has 1 fully saturated rings. The highest BCUT2D eigenvalue weighted by atomic mass is 79.9. The van der Waals surface area contributed by atoms with Gasteiger partial charge in [-0.15, -0.1) is 0 Å². The van der Waals surface area contributed by atoms with Crippen LogP contribution in [0.3, 0.4) is 0 Å². The van der Waals surface area contributed by atoms with Crippen LogP contribution in [0.1, 0.15) is 49.9 Å². The molecule has 2 aromatic carbocycles. The van der Waals surface area contributed by atoms with Gasteiger partial charge < -0.3 is 19.6 Å². The Bertz CT molecular complexity index is 1060. The van der Waals surface area contributed by atoms with Crippen LogP contribution in [-0.4, -0.2) is 59.4 Å². The maximum atomic E-state index is 13.2. The molecule has 0 spiro atoms. The number of hydrogen-bond donors (Lipinski definition) is 1. The summed E-state index contributed by atoms with van der Waals surface area (Å²) in [5.41, 5.74) is 2.25. The van der Waals surface area contributed by atoms with Crippen LogP contribution >= 0.6 is 15.9 Å². The summed E-state index contributed by atoms with van der Waals surface area (Å²) in [5, 5.41) is 11.3. The number of amides is 1. The summed E-state index contributed by atoms with van der Waals surface area (Å²) in [7, 11) is 0. The van der Waals surface area contributed by atoms with Crippen LogP contribution in [0.5, 0.6) is 5.75 Å². The van der Waals surface area contributed by atoms with E-state index in [4.69, 9.17) is 4.74 Å². The minimum absolute atomic E-state index is 0.119. The van der Waals surface area contributed by atoms with E-state index in [1.807, 2.05) is 38.1 Å². The minimum Gasteiger partial charge on any atom is -0.507 e. The molecule has 1 unspecified atom stereocenters. The van der Waals surface area contributed by atoms with Crippen molar-refractivity contribution in [2.45, 2.75) is 40.2 Å². The molecule has 0 radical (unpaired) electrons. The first-order valence-corrected chi connectivity index (χ1v) is 12.6. The Balaban J connectivity index is 2.06. The Hall–Kier alpha value is -2.64. The highest BCUT2D eigenvalue weighted by Crippen LogP contribution is 2.40. The Labute approximate surface area is 210 Å². The summed E-state index contributed by atoms with van der Waals surface area (Å²) in [6.45, 7) is 11.4. The fourth-order valence-electron chi connectivity index (χ4n) is 4.22. The lowest BCUT2D eigenvalue weighted by Gasteiger charge is -2.28. The van der Waals surface area contributed by atoms with Gasteiger partial charge in [0.1, 0.15) is 11.5 Å². The van der Waals surface area contributed by atoms with Crippen LogP contribution in [0.15, 0.2) is 52.5 Å². The van der Waals surface area contributed by atoms with Crippen molar-refractivity contribution in [2.75, 3.05) is 32.8 Å². The molecule has 1 N–H and O–H groups in total. The van der Waals surface area contributed by atoms with E-state index in [1.165, 1.54) is 0 Å². The average molecular weight is 529 g/mol. The lowest BCUT2D eigenvalue weighted by molar-refractivity contribution is -0.140. The van der Waals surface area contributed by atoms with E-state index < -0.39 is 17.7 Å². The molecule has 0 saturated carbocycles. The minimum atomic E-state index is -0.658. The first-order valence-electron chi connectivity index (χ1n) is 11.8. The largest absolute Gasteiger partial charge is 0.507 e. The molecule has 7 heteroatoms. The third-order valence-electron chi connectivity index (χ3n) is 6.19. The van der Waals surface area contributed by atoms with Crippen LogP contribution in [0, 0.1) is 6.92 Å². The van der Waals surface area contributed by atoms with Gasteiger partial charge in [0.15, 0.2) is 0 Å². The number of halogens is 1. The van der Waals surface area contributed by atoms with Crippen molar-refractivity contribution < 1.29 is 19.4 Å². The third kappa shape index (κ3) is 5.53. The molecule has 0 aliphatic carbocycles. The van der Waals surface area contributed by atoms with Crippen molar-refractivity contribution in [1.29, 1.82) is 0 Å². The molecule has 182 valence electrons. The van der Waals surface area contributed by atoms with Crippen molar-refractivity contribution >= 4 is 33.4 Å². The van der Waals surface area contributed by atoms with E-state index in [9.17, 15) is 14.7 Å². The van der Waals surface area contributed by atoms with Gasteiger partial charge in [0.25, 0.3) is 11.7 Å². The number of ketones is 1. The highest BCUT2D eigenvalue weighted by molar-refractivity contribution is 9.10. The van der Waals surface area contributed by atoms with E-state index in [2.05, 4.69) is 34.7 Å². The van der Waals surface area contributed by atoms with Gasteiger partial charge in [0.2, 0.25) is 0 Å². The van der Waals surface area contributed by atoms with Gasteiger partial charge >= 0.3 is 0 Å². The molecule has 1 aliphatic heterocycles. The second-order valence-electron chi connectivity index (χ2n) is 8.40. The number of carbonyl (C=O) groups excluding carboxylic acids is 2. The maximum Gasteiger partial charge on any atom is 0.295 e. The number of rotatable bonds is 10. The summed E-state index contributed by atoms with van der Waals surface area (Å²) in [6.07, 6.45) is 0.894. The molecule has 1 heterocycles. The molecule has 0 bridgehead atoms. The standard InChI is InChI=1S/C27H33BrN2O4/c1-5-16-34-22-13-10-20(17-18(22)4)25(31)23-24(19-8-11-21(28)12-9-19)30(27(33)26(23)32)15-14-29(6-2)7-3/h8-13,17,24,31H,5-7,14-16H2,1-4H3. The van der Waals surface area contributed by atoms with Crippen LogP contribution in [-0.2, 0) is 9.59 Å². The lowest BCUT2D eigenvalue weighted by Crippen LogP contribution is -2.38. The van der Waals surface area contributed by atoms with E-state index in [1.54, 1.807) is 23.1 Å². The van der Waals surface area contributed by atoms with Crippen LogP contribution < -0.4 is 4.74 Å². The highest BCUT2D eigenvalue weighted by Gasteiger charge is 2.46. The smallest absolute Gasteiger partial charge is 0.295 e. The number of aliphatic hydroxyl groups excluding tert-OH is 1.